The van der Waals surface area contributed by atoms with Gasteiger partial charge in [0.2, 0.25) is 0 Å². The SMILES string of the molecule is CC(CO)(CN1CCCCCC1CO)c1ccccc1. The van der Waals surface area contributed by atoms with E-state index < -0.39 is 0 Å². The van der Waals surface area contributed by atoms with Gasteiger partial charge in [-0.3, -0.25) is 4.90 Å². The van der Waals surface area contributed by atoms with Crippen LogP contribution < -0.4 is 0 Å². The van der Waals surface area contributed by atoms with Crippen LogP contribution in [0.3, 0.4) is 0 Å². The number of aliphatic hydroxyl groups excluding tert-OH is 2. The number of aliphatic hydroxyl groups is 2. The van der Waals surface area contributed by atoms with Crippen LogP contribution >= 0.6 is 0 Å². The van der Waals surface area contributed by atoms with Crippen LogP contribution in [0.1, 0.15) is 38.2 Å². The summed E-state index contributed by atoms with van der Waals surface area (Å²) in [6.45, 7) is 4.29. The van der Waals surface area contributed by atoms with Crippen LogP contribution in [0.25, 0.3) is 0 Å². The minimum Gasteiger partial charge on any atom is -0.395 e. The van der Waals surface area contributed by atoms with Gasteiger partial charge < -0.3 is 10.2 Å². The molecule has 0 saturated carbocycles. The lowest BCUT2D eigenvalue weighted by atomic mass is 9.82. The Hall–Kier alpha value is -0.900. The zero-order valence-electron chi connectivity index (χ0n) is 12.5. The summed E-state index contributed by atoms with van der Waals surface area (Å²) in [5.41, 5.74) is 0.905. The van der Waals surface area contributed by atoms with Crippen LogP contribution in [-0.4, -0.2) is 47.5 Å². The quantitative estimate of drug-likeness (QED) is 0.867. The summed E-state index contributed by atoms with van der Waals surface area (Å²) < 4.78 is 0. The van der Waals surface area contributed by atoms with E-state index in [1.807, 2.05) is 18.2 Å². The van der Waals surface area contributed by atoms with E-state index in [9.17, 15) is 10.2 Å². The number of nitrogens with zero attached hydrogens (tertiary/aromatic N) is 1. The van der Waals surface area contributed by atoms with Crippen molar-refractivity contribution in [3.05, 3.63) is 35.9 Å². The zero-order valence-corrected chi connectivity index (χ0v) is 12.5. The third-order valence-electron chi connectivity index (χ3n) is 4.58. The van der Waals surface area contributed by atoms with Crippen LogP contribution in [-0.2, 0) is 5.41 Å². The molecule has 1 aliphatic heterocycles. The Kier molecular flexibility index (Phi) is 5.58. The normalized spacial score (nSPS) is 24.1. The molecule has 1 aromatic rings. The molecule has 0 aliphatic carbocycles. The molecule has 0 bridgehead atoms. The fourth-order valence-electron chi connectivity index (χ4n) is 3.17. The van der Waals surface area contributed by atoms with Crippen molar-refractivity contribution >= 4 is 0 Å². The van der Waals surface area contributed by atoms with E-state index in [0.29, 0.717) is 0 Å². The maximum absolute atomic E-state index is 9.91. The summed E-state index contributed by atoms with van der Waals surface area (Å²) in [5, 5.41) is 19.5. The van der Waals surface area contributed by atoms with E-state index >= 15 is 0 Å². The van der Waals surface area contributed by atoms with E-state index in [0.717, 1.165) is 19.5 Å². The van der Waals surface area contributed by atoms with Gasteiger partial charge in [-0.05, 0) is 24.9 Å². The van der Waals surface area contributed by atoms with Crippen molar-refractivity contribution in [1.82, 2.24) is 4.90 Å². The highest BCUT2D eigenvalue weighted by atomic mass is 16.3. The molecule has 0 amide bonds. The van der Waals surface area contributed by atoms with Gasteiger partial charge in [0, 0.05) is 18.0 Å². The Morgan fingerprint density at radius 1 is 1.15 bits per heavy atom. The maximum atomic E-state index is 9.91. The van der Waals surface area contributed by atoms with Crippen LogP contribution in [0.15, 0.2) is 30.3 Å². The first-order valence-corrected chi connectivity index (χ1v) is 7.71. The zero-order chi connectivity index (χ0) is 14.4. The fourth-order valence-corrected chi connectivity index (χ4v) is 3.17. The van der Waals surface area contributed by atoms with Gasteiger partial charge in [0.1, 0.15) is 0 Å². The first kappa shape index (κ1) is 15.5. The first-order valence-electron chi connectivity index (χ1n) is 7.71. The summed E-state index contributed by atoms with van der Waals surface area (Å²) in [6.07, 6.45) is 4.69. The van der Waals surface area contributed by atoms with E-state index in [1.165, 1.54) is 24.8 Å². The van der Waals surface area contributed by atoms with Crippen molar-refractivity contribution in [2.24, 2.45) is 0 Å². The molecule has 2 atom stereocenters. The Balaban J connectivity index is 2.15. The van der Waals surface area contributed by atoms with Crippen molar-refractivity contribution in [2.45, 2.75) is 44.1 Å². The predicted octanol–water partition coefficient (Wildman–Crippen LogP) is 2.17. The largest absolute Gasteiger partial charge is 0.395 e. The Morgan fingerprint density at radius 2 is 1.90 bits per heavy atom. The standard InChI is InChI=1S/C17H27NO2/c1-17(14-20,15-8-4-2-5-9-15)13-18-11-7-3-6-10-16(18)12-19/h2,4-5,8-9,16,19-20H,3,6-7,10-14H2,1H3. The van der Waals surface area contributed by atoms with Gasteiger partial charge in [-0.1, -0.05) is 50.1 Å². The van der Waals surface area contributed by atoms with Gasteiger partial charge in [0.15, 0.2) is 0 Å². The van der Waals surface area contributed by atoms with Crippen molar-refractivity contribution in [2.75, 3.05) is 26.3 Å². The van der Waals surface area contributed by atoms with Crippen LogP contribution in [0.2, 0.25) is 0 Å². The molecule has 3 nitrogen and oxygen atoms in total. The molecular formula is C17H27NO2. The molecule has 2 rings (SSSR count). The highest BCUT2D eigenvalue weighted by Crippen LogP contribution is 2.27. The lowest BCUT2D eigenvalue weighted by molar-refractivity contribution is 0.0817. The number of benzene rings is 1. The predicted molar refractivity (Wildman–Crippen MR) is 81.8 cm³/mol. The Bertz CT molecular complexity index is 395. The minimum atomic E-state index is -0.265. The molecule has 1 heterocycles. The molecule has 3 heteroatoms. The molecule has 1 saturated heterocycles. The molecule has 0 aromatic heterocycles. The van der Waals surface area contributed by atoms with Gasteiger partial charge in [-0.15, -0.1) is 0 Å². The Morgan fingerprint density at radius 3 is 2.55 bits per heavy atom. The third-order valence-corrected chi connectivity index (χ3v) is 4.58. The molecule has 2 N–H and O–H groups in total. The van der Waals surface area contributed by atoms with Crippen molar-refractivity contribution in [3.63, 3.8) is 0 Å². The monoisotopic (exact) mass is 277 g/mol. The number of hydrogen-bond donors (Lipinski definition) is 2. The molecule has 0 spiro atoms. The maximum Gasteiger partial charge on any atom is 0.0586 e. The number of hydrogen-bond acceptors (Lipinski definition) is 3. The van der Waals surface area contributed by atoms with Crippen molar-refractivity contribution in [3.8, 4) is 0 Å². The van der Waals surface area contributed by atoms with E-state index in [2.05, 4.69) is 24.0 Å². The summed E-state index contributed by atoms with van der Waals surface area (Å²) in [4.78, 5) is 2.37. The van der Waals surface area contributed by atoms with Crippen LogP contribution in [0.5, 0.6) is 0 Å². The number of likely N-dealkylation sites (tertiary alicyclic amines) is 1. The lowest BCUT2D eigenvalue weighted by Crippen LogP contribution is -2.47. The van der Waals surface area contributed by atoms with Crippen LogP contribution in [0, 0.1) is 0 Å². The molecule has 1 fully saturated rings. The van der Waals surface area contributed by atoms with Crippen molar-refractivity contribution < 1.29 is 10.2 Å². The van der Waals surface area contributed by atoms with E-state index in [1.54, 1.807) is 0 Å². The van der Waals surface area contributed by atoms with Gasteiger partial charge in [-0.2, -0.15) is 0 Å². The van der Waals surface area contributed by atoms with Crippen LogP contribution in [0.4, 0.5) is 0 Å². The summed E-state index contributed by atoms with van der Waals surface area (Å²) >= 11 is 0. The number of rotatable bonds is 5. The van der Waals surface area contributed by atoms with Gasteiger partial charge >= 0.3 is 0 Å². The second-order valence-electron chi connectivity index (χ2n) is 6.24. The lowest BCUT2D eigenvalue weighted by Gasteiger charge is -2.37. The highest BCUT2D eigenvalue weighted by Gasteiger charge is 2.31. The molecule has 1 aromatic carbocycles. The minimum absolute atomic E-state index is 0.131. The first-order chi connectivity index (χ1) is 9.69. The van der Waals surface area contributed by atoms with Gasteiger partial charge in [0.05, 0.1) is 13.2 Å². The average Bonchev–Trinajstić information content (AvgIpc) is 2.73. The topological polar surface area (TPSA) is 43.7 Å². The summed E-state index contributed by atoms with van der Waals surface area (Å²) in [5.74, 6) is 0. The molecule has 20 heavy (non-hydrogen) atoms. The smallest absolute Gasteiger partial charge is 0.0586 e. The molecule has 112 valence electrons. The third kappa shape index (κ3) is 3.60. The Labute approximate surface area is 122 Å². The van der Waals surface area contributed by atoms with E-state index in [4.69, 9.17) is 0 Å². The van der Waals surface area contributed by atoms with E-state index in [-0.39, 0.29) is 24.7 Å². The van der Waals surface area contributed by atoms with Gasteiger partial charge in [0.25, 0.3) is 0 Å². The second kappa shape index (κ2) is 7.21. The average molecular weight is 277 g/mol. The molecule has 1 aliphatic rings. The van der Waals surface area contributed by atoms with Gasteiger partial charge in [-0.25, -0.2) is 0 Å². The van der Waals surface area contributed by atoms with Crippen molar-refractivity contribution in [1.29, 1.82) is 0 Å². The molecule has 0 radical (unpaired) electrons. The molecular weight excluding hydrogens is 250 g/mol. The highest BCUT2D eigenvalue weighted by molar-refractivity contribution is 5.25. The fraction of sp³-hybridized carbons (Fsp3) is 0.647. The summed E-state index contributed by atoms with van der Waals surface area (Å²) in [7, 11) is 0. The molecule has 2 unspecified atom stereocenters. The second-order valence-corrected chi connectivity index (χ2v) is 6.24. The summed E-state index contributed by atoms with van der Waals surface area (Å²) in [6, 6.07) is 10.5.